The molecule has 0 fully saturated rings. The molecule has 6 heteroatoms. The van der Waals surface area contributed by atoms with Crippen molar-refractivity contribution in [1.29, 1.82) is 0 Å². The van der Waals surface area contributed by atoms with Gasteiger partial charge in [0.1, 0.15) is 12.4 Å². The molecule has 5 nitrogen and oxygen atoms in total. The van der Waals surface area contributed by atoms with Gasteiger partial charge in [-0.15, -0.1) is 0 Å². The first-order chi connectivity index (χ1) is 10.2. The average Bonchev–Trinajstić information content (AvgIpc) is 2.49. The van der Waals surface area contributed by atoms with E-state index in [4.69, 9.17) is 4.74 Å². The van der Waals surface area contributed by atoms with E-state index < -0.39 is 0 Å². The number of aromatic nitrogens is 2. The highest BCUT2D eigenvalue weighted by Gasteiger charge is 2.00. The van der Waals surface area contributed by atoms with Crippen molar-refractivity contribution in [1.82, 2.24) is 9.78 Å². The molecule has 0 aliphatic heterocycles. The fraction of sp³-hybridized carbons (Fsp3) is 0.333. The van der Waals surface area contributed by atoms with Gasteiger partial charge in [0.25, 0.3) is 5.56 Å². The standard InChI is InChI=1S/C15H18BrN3O2/c1-2-7-17-13-10-15(20)19(18-11-13)8-9-21-14-5-3-12(16)4-6-14/h3-6,10-11,17H,2,7-9H2,1H3. The summed E-state index contributed by atoms with van der Waals surface area (Å²) >= 11 is 3.37. The zero-order valence-electron chi connectivity index (χ0n) is 11.9. The lowest BCUT2D eigenvalue weighted by Crippen LogP contribution is -2.25. The van der Waals surface area contributed by atoms with Crippen molar-refractivity contribution in [3.63, 3.8) is 0 Å². The van der Waals surface area contributed by atoms with Crippen molar-refractivity contribution in [2.24, 2.45) is 0 Å². The second kappa shape index (κ2) is 7.83. The molecule has 0 radical (unpaired) electrons. The number of anilines is 1. The molecule has 0 saturated heterocycles. The van der Waals surface area contributed by atoms with Crippen LogP contribution in [0.15, 0.2) is 45.8 Å². The quantitative estimate of drug-likeness (QED) is 0.833. The van der Waals surface area contributed by atoms with E-state index in [0.717, 1.165) is 28.9 Å². The van der Waals surface area contributed by atoms with E-state index in [9.17, 15) is 4.79 Å². The Morgan fingerprint density at radius 2 is 2.10 bits per heavy atom. The molecule has 21 heavy (non-hydrogen) atoms. The first kappa shape index (κ1) is 15.6. The zero-order chi connectivity index (χ0) is 15.1. The van der Waals surface area contributed by atoms with Crippen LogP contribution < -0.4 is 15.6 Å². The van der Waals surface area contributed by atoms with E-state index in [1.165, 1.54) is 4.68 Å². The first-order valence-corrected chi connectivity index (χ1v) is 7.67. The number of hydrogen-bond acceptors (Lipinski definition) is 4. The van der Waals surface area contributed by atoms with Crippen LogP contribution in [-0.2, 0) is 6.54 Å². The van der Waals surface area contributed by atoms with Gasteiger partial charge < -0.3 is 10.1 Å². The van der Waals surface area contributed by atoms with Gasteiger partial charge in [-0.2, -0.15) is 5.10 Å². The van der Waals surface area contributed by atoms with Crippen LogP contribution >= 0.6 is 15.9 Å². The molecule has 0 aliphatic rings. The minimum atomic E-state index is -0.129. The van der Waals surface area contributed by atoms with Gasteiger partial charge in [-0.1, -0.05) is 22.9 Å². The van der Waals surface area contributed by atoms with Gasteiger partial charge in [0.2, 0.25) is 0 Å². The molecule has 0 spiro atoms. The van der Waals surface area contributed by atoms with Crippen LogP contribution in [0.25, 0.3) is 0 Å². The Balaban J connectivity index is 1.88. The third kappa shape index (κ3) is 4.90. The van der Waals surface area contributed by atoms with E-state index in [0.29, 0.717) is 13.2 Å². The molecule has 2 rings (SSSR count). The zero-order valence-corrected chi connectivity index (χ0v) is 13.5. The molecular formula is C15H18BrN3O2. The molecule has 0 unspecified atom stereocenters. The Bertz CT molecular complexity index is 626. The van der Waals surface area contributed by atoms with Gasteiger partial charge in [-0.3, -0.25) is 4.79 Å². The second-order valence-corrected chi connectivity index (χ2v) is 5.45. The first-order valence-electron chi connectivity index (χ1n) is 6.88. The molecule has 0 bridgehead atoms. The number of benzene rings is 1. The molecule has 112 valence electrons. The highest BCUT2D eigenvalue weighted by molar-refractivity contribution is 9.10. The van der Waals surface area contributed by atoms with Crippen molar-refractivity contribution in [2.45, 2.75) is 19.9 Å². The van der Waals surface area contributed by atoms with E-state index >= 15 is 0 Å². The molecule has 0 aliphatic carbocycles. The maximum Gasteiger partial charge on any atom is 0.268 e. The summed E-state index contributed by atoms with van der Waals surface area (Å²) in [7, 11) is 0. The molecule has 0 amide bonds. The lowest BCUT2D eigenvalue weighted by molar-refractivity contribution is 0.288. The SMILES string of the molecule is CCCNc1cnn(CCOc2ccc(Br)cc2)c(=O)c1. The van der Waals surface area contributed by atoms with Crippen LogP contribution in [0.2, 0.25) is 0 Å². The van der Waals surface area contributed by atoms with Crippen molar-refractivity contribution >= 4 is 21.6 Å². The molecule has 0 saturated carbocycles. The summed E-state index contributed by atoms with van der Waals surface area (Å²) in [6, 6.07) is 9.13. The van der Waals surface area contributed by atoms with Crippen LogP contribution in [0.1, 0.15) is 13.3 Å². The lowest BCUT2D eigenvalue weighted by Gasteiger charge is -2.09. The summed E-state index contributed by atoms with van der Waals surface area (Å²) < 4.78 is 7.98. The van der Waals surface area contributed by atoms with Crippen molar-refractivity contribution in [3.05, 3.63) is 51.4 Å². The summed E-state index contributed by atoms with van der Waals surface area (Å²) in [6.45, 7) is 3.72. The maximum atomic E-state index is 11.9. The number of halogens is 1. The minimum absolute atomic E-state index is 0.129. The van der Waals surface area contributed by atoms with Crippen LogP contribution in [0.5, 0.6) is 5.75 Å². The van der Waals surface area contributed by atoms with E-state index in [-0.39, 0.29) is 5.56 Å². The molecule has 2 aromatic rings. The summed E-state index contributed by atoms with van der Waals surface area (Å²) in [5.41, 5.74) is 0.627. The number of nitrogens with zero attached hydrogens (tertiary/aromatic N) is 2. The minimum Gasteiger partial charge on any atom is -0.492 e. The van der Waals surface area contributed by atoms with Crippen LogP contribution in [-0.4, -0.2) is 22.9 Å². The molecular weight excluding hydrogens is 334 g/mol. The Kier molecular flexibility index (Phi) is 5.80. The molecule has 1 N–H and O–H groups in total. The van der Waals surface area contributed by atoms with Crippen molar-refractivity contribution < 1.29 is 4.74 Å². The Morgan fingerprint density at radius 3 is 2.76 bits per heavy atom. The number of nitrogens with one attached hydrogen (secondary N) is 1. The largest absolute Gasteiger partial charge is 0.492 e. The Morgan fingerprint density at radius 1 is 1.33 bits per heavy atom. The van der Waals surface area contributed by atoms with E-state index in [2.05, 4.69) is 33.3 Å². The number of hydrogen-bond donors (Lipinski definition) is 1. The highest BCUT2D eigenvalue weighted by atomic mass is 79.9. The number of rotatable bonds is 7. The fourth-order valence-corrected chi connectivity index (χ4v) is 2.01. The van der Waals surface area contributed by atoms with Crippen LogP contribution in [0.4, 0.5) is 5.69 Å². The lowest BCUT2D eigenvalue weighted by atomic mass is 10.3. The summed E-state index contributed by atoms with van der Waals surface area (Å²) in [6.07, 6.45) is 2.67. The Hall–Kier alpha value is -1.82. The third-order valence-corrected chi connectivity index (χ3v) is 3.36. The smallest absolute Gasteiger partial charge is 0.268 e. The van der Waals surface area contributed by atoms with Gasteiger partial charge in [0.05, 0.1) is 18.4 Å². The highest BCUT2D eigenvalue weighted by Crippen LogP contribution is 2.15. The summed E-state index contributed by atoms with van der Waals surface area (Å²) in [5.74, 6) is 0.771. The second-order valence-electron chi connectivity index (χ2n) is 4.53. The van der Waals surface area contributed by atoms with Gasteiger partial charge in [-0.25, -0.2) is 4.68 Å². The van der Waals surface area contributed by atoms with Crippen LogP contribution in [0.3, 0.4) is 0 Å². The normalized spacial score (nSPS) is 10.4. The fourth-order valence-electron chi connectivity index (χ4n) is 1.75. The summed E-state index contributed by atoms with van der Waals surface area (Å²) in [4.78, 5) is 11.9. The Labute approximate surface area is 132 Å². The van der Waals surface area contributed by atoms with Gasteiger partial charge in [0, 0.05) is 17.1 Å². The third-order valence-electron chi connectivity index (χ3n) is 2.83. The number of ether oxygens (including phenoxy) is 1. The van der Waals surface area contributed by atoms with Crippen molar-refractivity contribution in [2.75, 3.05) is 18.5 Å². The van der Waals surface area contributed by atoms with Crippen LogP contribution in [0, 0.1) is 0 Å². The topological polar surface area (TPSA) is 56.1 Å². The monoisotopic (exact) mass is 351 g/mol. The van der Waals surface area contributed by atoms with E-state index in [1.807, 2.05) is 24.3 Å². The van der Waals surface area contributed by atoms with Crippen molar-refractivity contribution in [3.8, 4) is 5.75 Å². The predicted molar refractivity (Wildman–Crippen MR) is 86.9 cm³/mol. The predicted octanol–water partition coefficient (Wildman–Crippen LogP) is 2.91. The van der Waals surface area contributed by atoms with Gasteiger partial charge in [0.15, 0.2) is 0 Å². The maximum absolute atomic E-state index is 11.9. The molecule has 0 atom stereocenters. The average molecular weight is 352 g/mol. The van der Waals surface area contributed by atoms with Gasteiger partial charge in [-0.05, 0) is 30.7 Å². The molecule has 1 aromatic carbocycles. The van der Waals surface area contributed by atoms with Gasteiger partial charge >= 0.3 is 0 Å². The molecule has 1 heterocycles. The molecule has 1 aromatic heterocycles. The van der Waals surface area contributed by atoms with E-state index in [1.54, 1.807) is 12.3 Å². The summed E-state index contributed by atoms with van der Waals surface area (Å²) in [5, 5.41) is 7.27.